The maximum absolute atomic E-state index is 14.5. The third-order valence-corrected chi connectivity index (χ3v) is 4.59. The maximum atomic E-state index is 14.5. The van der Waals surface area contributed by atoms with Gasteiger partial charge >= 0.3 is 18.2 Å². The first kappa shape index (κ1) is 20.6. The van der Waals surface area contributed by atoms with Gasteiger partial charge in [-0.3, -0.25) is 4.79 Å². The Morgan fingerprint density at radius 1 is 0.839 bits per heavy atom. The van der Waals surface area contributed by atoms with Crippen molar-refractivity contribution in [3.8, 4) is 17.2 Å². The molecule has 1 heterocycles. The van der Waals surface area contributed by atoms with Gasteiger partial charge in [0, 0.05) is 0 Å². The molecule has 4 rings (SSSR count). The summed E-state index contributed by atoms with van der Waals surface area (Å²) >= 11 is 0. The SMILES string of the molecule is O=C1N(Cc2ccc(Oc3ccccc3)cc2)c2ccc(OC(F)(F)F)cc2C1(F)F. The van der Waals surface area contributed by atoms with Gasteiger partial charge in [0.05, 0.1) is 17.8 Å². The Morgan fingerprint density at radius 2 is 1.45 bits per heavy atom. The van der Waals surface area contributed by atoms with E-state index in [1.807, 2.05) is 18.2 Å². The Hall–Kier alpha value is -3.62. The number of fused-ring (bicyclic) bond motifs is 1. The van der Waals surface area contributed by atoms with Crippen LogP contribution in [-0.4, -0.2) is 12.3 Å². The van der Waals surface area contributed by atoms with Crippen LogP contribution < -0.4 is 14.4 Å². The van der Waals surface area contributed by atoms with E-state index in [1.54, 1.807) is 36.4 Å². The number of para-hydroxylation sites is 1. The van der Waals surface area contributed by atoms with Gasteiger partial charge in [0.25, 0.3) is 0 Å². The number of hydrogen-bond acceptors (Lipinski definition) is 3. The smallest absolute Gasteiger partial charge is 0.457 e. The molecule has 0 bridgehead atoms. The molecule has 0 unspecified atom stereocenters. The summed E-state index contributed by atoms with van der Waals surface area (Å²) in [5, 5.41) is 0. The molecule has 0 aliphatic carbocycles. The zero-order valence-corrected chi connectivity index (χ0v) is 15.7. The Balaban J connectivity index is 1.55. The van der Waals surface area contributed by atoms with Crippen LogP contribution in [0.2, 0.25) is 0 Å². The van der Waals surface area contributed by atoms with E-state index in [2.05, 4.69) is 4.74 Å². The van der Waals surface area contributed by atoms with E-state index in [0.29, 0.717) is 23.1 Å². The van der Waals surface area contributed by atoms with E-state index >= 15 is 0 Å². The van der Waals surface area contributed by atoms with Crippen LogP contribution in [-0.2, 0) is 17.3 Å². The van der Waals surface area contributed by atoms with Gasteiger partial charge in [-0.25, -0.2) is 0 Å². The van der Waals surface area contributed by atoms with Crippen molar-refractivity contribution < 1.29 is 36.2 Å². The lowest BCUT2D eigenvalue weighted by Gasteiger charge is -2.18. The molecule has 1 aliphatic heterocycles. The van der Waals surface area contributed by atoms with Crippen molar-refractivity contribution in [3.05, 3.63) is 83.9 Å². The largest absolute Gasteiger partial charge is 0.573 e. The van der Waals surface area contributed by atoms with Gasteiger partial charge in [-0.1, -0.05) is 30.3 Å². The fourth-order valence-corrected chi connectivity index (χ4v) is 3.22. The molecule has 0 atom stereocenters. The molecular weight excluding hydrogens is 421 g/mol. The molecular formula is C22H14F5NO3. The Kier molecular flexibility index (Phi) is 5.04. The van der Waals surface area contributed by atoms with Crippen molar-refractivity contribution in [1.29, 1.82) is 0 Å². The summed E-state index contributed by atoms with van der Waals surface area (Å²) in [5.41, 5.74) is -0.467. The Morgan fingerprint density at radius 3 is 2.10 bits per heavy atom. The average molecular weight is 435 g/mol. The number of hydrogen-bond donors (Lipinski definition) is 0. The summed E-state index contributed by atoms with van der Waals surface area (Å²) in [4.78, 5) is 13.1. The lowest BCUT2D eigenvalue weighted by atomic mass is 10.1. The second-order valence-corrected chi connectivity index (χ2v) is 6.75. The topological polar surface area (TPSA) is 38.8 Å². The summed E-state index contributed by atoms with van der Waals surface area (Å²) in [6, 6.07) is 17.9. The molecule has 0 aromatic heterocycles. The highest BCUT2D eigenvalue weighted by Gasteiger charge is 2.53. The molecule has 3 aromatic carbocycles. The van der Waals surface area contributed by atoms with E-state index in [9.17, 15) is 26.7 Å². The van der Waals surface area contributed by atoms with Gasteiger partial charge in [0.15, 0.2) is 0 Å². The summed E-state index contributed by atoms with van der Waals surface area (Å²) in [7, 11) is 0. The van der Waals surface area contributed by atoms with E-state index < -0.39 is 29.5 Å². The highest BCUT2D eigenvalue weighted by atomic mass is 19.4. The molecule has 0 radical (unpaired) electrons. The van der Waals surface area contributed by atoms with Gasteiger partial charge < -0.3 is 14.4 Å². The van der Waals surface area contributed by atoms with E-state index in [-0.39, 0.29) is 12.2 Å². The lowest BCUT2D eigenvalue weighted by molar-refractivity contribution is -0.274. The number of ether oxygens (including phenoxy) is 2. The molecule has 0 saturated carbocycles. The van der Waals surface area contributed by atoms with Gasteiger partial charge in [0.2, 0.25) is 0 Å². The number of benzene rings is 3. The van der Waals surface area contributed by atoms with Crippen molar-refractivity contribution in [3.63, 3.8) is 0 Å². The monoisotopic (exact) mass is 435 g/mol. The van der Waals surface area contributed by atoms with Crippen molar-refractivity contribution in [2.45, 2.75) is 18.8 Å². The molecule has 1 aliphatic rings. The third kappa shape index (κ3) is 4.30. The second kappa shape index (κ2) is 7.57. The summed E-state index contributed by atoms with van der Waals surface area (Å²) in [6.45, 7) is -0.188. The first-order chi connectivity index (χ1) is 14.6. The second-order valence-electron chi connectivity index (χ2n) is 6.75. The highest BCUT2D eigenvalue weighted by Crippen LogP contribution is 2.46. The minimum absolute atomic E-state index is 0.172. The van der Waals surface area contributed by atoms with Crippen LogP contribution in [0.15, 0.2) is 72.8 Å². The van der Waals surface area contributed by atoms with E-state index in [1.165, 1.54) is 0 Å². The summed E-state index contributed by atoms with van der Waals surface area (Å²) < 4.78 is 75.5. The fraction of sp³-hybridized carbons (Fsp3) is 0.136. The number of amides is 1. The molecule has 9 heteroatoms. The average Bonchev–Trinajstić information content (AvgIpc) is 2.90. The summed E-state index contributed by atoms with van der Waals surface area (Å²) in [6.07, 6.45) is -5.03. The molecule has 1 amide bonds. The number of rotatable bonds is 5. The normalized spacial score (nSPS) is 15.0. The van der Waals surface area contributed by atoms with Crippen LogP contribution in [0.4, 0.5) is 27.6 Å². The first-order valence-corrected chi connectivity index (χ1v) is 9.05. The first-order valence-electron chi connectivity index (χ1n) is 9.05. The molecule has 3 aromatic rings. The van der Waals surface area contributed by atoms with Crippen molar-refractivity contribution in [2.75, 3.05) is 4.90 Å². The standard InChI is InChI=1S/C22H14F5NO3/c23-21(24)18-12-17(31-22(25,26)27)10-11-19(18)28(20(21)29)13-14-6-8-16(9-7-14)30-15-4-2-1-3-5-15/h1-12H,13H2. The predicted molar refractivity (Wildman–Crippen MR) is 101 cm³/mol. The Labute approximate surface area is 173 Å². The van der Waals surface area contributed by atoms with E-state index in [4.69, 9.17) is 4.74 Å². The molecule has 0 fully saturated rings. The van der Waals surface area contributed by atoms with Crippen LogP contribution >= 0.6 is 0 Å². The van der Waals surface area contributed by atoms with Crippen molar-refractivity contribution >= 4 is 11.6 Å². The number of anilines is 1. The Bertz CT molecular complexity index is 1100. The van der Waals surface area contributed by atoms with E-state index in [0.717, 1.165) is 17.0 Å². The minimum atomic E-state index is -5.03. The molecule has 4 nitrogen and oxygen atoms in total. The zero-order chi connectivity index (χ0) is 22.2. The highest BCUT2D eigenvalue weighted by molar-refractivity contribution is 6.05. The van der Waals surface area contributed by atoms with Crippen LogP contribution in [0.5, 0.6) is 17.2 Å². The molecule has 0 spiro atoms. The number of nitrogens with zero attached hydrogens (tertiary/aromatic N) is 1. The van der Waals surface area contributed by atoms with Gasteiger partial charge in [-0.2, -0.15) is 8.78 Å². The van der Waals surface area contributed by atoms with Crippen molar-refractivity contribution in [1.82, 2.24) is 0 Å². The zero-order valence-electron chi connectivity index (χ0n) is 15.7. The molecule has 31 heavy (non-hydrogen) atoms. The van der Waals surface area contributed by atoms with Gasteiger partial charge in [-0.05, 0) is 48.0 Å². The predicted octanol–water partition coefficient (Wildman–Crippen LogP) is 6.02. The maximum Gasteiger partial charge on any atom is 0.573 e. The summed E-state index contributed by atoms with van der Waals surface area (Å²) in [5.74, 6) is -5.16. The fourth-order valence-electron chi connectivity index (χ4n) is 3.22. The number of halogens is 5. The number of carbonyl (C=O) groups excluding carboxylic acids is 1. The van der Waals surface area contributed by atoms with Crippen LogP contribution in [0.1, 0.15) is 11.1 Å². The third-order valence-electron chi connectivity index (χ3n) is 4.59. The van der Waals surface area contributed by atoms with Crippen molar-refractivity contribution in [2.24, 2.45) is 0 Å². The minimum Gasteiger partial charge on any atom is -0.457 e. The van der Waals surface area contributed by atoms with Crippen LogP contribution in [0, 0.1) is 0 Å². The van der Waals surface area contributed by atoms with Gasteiger partial charge in [-0.15, -0.1) is 13.2 Å². The molecule has 160 valence electrons. The molecule has 0 saturated heterocycles. The number of carbonyl (C=O) groups is 1. The van der Waals surface area contributed by atoms with Crippen LogP contribution in [0.25, 0.3) is 0 Å². The quantitative estimate of drug-likeness (QED) is 0.461. The lowest BCUT2D eigenvalue weighted by Crippen LogP contribution is -2.34. The van der Waals surface area contributed by atoms with Crippen LogP contribution in [0.3, 0.4) is 0 Å². The number of alkyl halides is 5. The molecule has 0 N–H and O–H groups in total. The van der Waals surface area contributed by atoms with Gasteiger partial charge in [0.1, 0.15) is 17.2 Å².